The van der Waals surface area contributed by atoms with Gasteiger partial charge in [-0.2, -0.15) is 13.2 Å². The first kappa shape index (κ1) is 27.7. The third-order valence-corrected chi connectivity index (χ3v) is 6.85. The van der Waals surface area contributed by atoms with Gasteiger partial charge in [-0.25, -0.2) is 9.78 Å². The first-order valence-corrected chi connectivity index (χ1v) is 12.6. The van der Waals surface area contributed by atoms with Crippen molar-refractivity contribution in [3.8, 4) is 16.3 Å². The zero-order valence-corrected chi connectivity index (χ0v) is 21.6. The van der Waals surface area contributed by atoms with Crippen LogP contribution < -0.4 is 4.74 Å². The molecule has 0 fully saturated rings. The summed E-state index contributed by atoms with van der Waals surface area (Å²) in [5.41, 5.74) is 2.78. The number of benzene rings is 2. The van der Waals surface area contributed by atoms with Gasteiger partial charge in [-0.3, -0.25) is 0 Å². The van der Waals surface area contributed by atoms with Gasteiger partial charge in [0.25, 0.3) is 0 Å². The van der Waals surface area contributed by atoms with Gasteiger partial charge in [0.1, 0.15) is 10.8 Å². The third-order valence-electron chi connectivity index (χ3n) is 5.59. The zero-order valence-electron chi connectivity index (χ0n) is 20.8. The van der Waals surface area contributed by atoms with Crippen molar-refractivity contribution in [1.29, 1.82) is 0 Å². The smallest absolute Gasteiger partial charge is 0.416 e. The molecular weight excluding hydrogens is 491 g/mol. The summed E-state index contributed by atoms with van der Waals surface area (Å²) in [7, 11) is 0. The molecule has 36 heavy (non-hydrogen) atoms. The molecule has 0 amide bonds. The van der Waals surface area contributed by atoms with Crippen molar-refractivity contribution in [3.63, 3.8) is 0 Å². The Morgan fingerprint density at radius 2 is 1.78 bits per heavy atom. The van der Waals surface area contributed by atoms with Crippen LogP contribution in [0.1, 0.15) is 41.1 Å². The fourth-order valence-electron chi connectivity index (χ4n) is 3.68. The number of carbonyl (C=O) groups is 1. The Bertz CT molecular complexity index is 1160. The zero-order chi connectivity index (χ0) is 26.3. The SMILES string of the molecule is CCOC(=O)C(Cc1ccc(OCCc2sc(-c3ccc(C(F)(F)F)cc3)nc2C)cc1C)OCC. The number of ether oxygens (including phenoxy) is 3. The van der Waals surface area contributed by atoms with Crippen LogP contribution in [-0.4, -0.2) is 36.9 Å². The lowest BCUT2D eigenvalue weighted by atomic mass is 10.0. The topological polar surface area (TPSA) is 57.7 Å². The molecule has 2 aromatic carbocycles. The molecular formula is C27H30F3NO4S. The van der Waals surface area contributed by atoms with Crippen LogP contribution in [0.4, 0.5) is 13.2 Å². The molecule has 0 saturated carbocycles. The molecule has 1 unspecified atom stereocenters. The van der Waals surface area contributed by atoms with Crippen LogP contribution in [0, 0.1) is 13.8 Å². The van der Waals surface area contributed by atoms with Crippen molar-refractivity contribution < 1.29 is 32.2 Å². The van der Waals surface area contributed by atoms with Crippen LogP contribution in [0.3, 0.4) is 0 Å². The summed E-state index contributed by atoms with van der Waals surface area (Å²) in [6.45, 7) is 8.60. The molecule has 5 nitrogen and oxygen atoms in total. The quantitative estimate of drug-likeness (QED) is 0.267. The molecule has 0 aliphatic rings. The van der Waals surface area contributed by atoms with E-state index in [0.29, 0.717) is 49.0 Å². The second-order valence-corrected chi connectivity index (χ2v) is 9.27. The third kappa shape index (κ3) is 7.30. The highest BCUT2D eigenvalue weighted by molar-refractivity contribution is 7.15. The average molecular weight is 522 g/mol. The van der Waals surface area contributed by atoms with Crippen molar-refractivity contribution in [3.05, 3.63) is 69.7 Å². The Kier molecular flexibility index (Phi) is 9.50. The second-order valence-electron chi connectivity index (χ2n) is 8.19. The van der Waals surface area contributed by atoms with Crippen molar-refractivity contribution in [2.24, 2.45) is 0 Å². The summed E-state index contributed by atoms with van der Waals surface area (Å²) in [5, 5.41) is 0.682. The molecule has 0 N–H and O–H groups in total. The second kappa shape index (κ2) is 12.4. The average Bonchev–Trinajstić information content (AvgIpc) is 3.20. The molecule has 0 aliphatic heterocycles. The van der Waals surface area contributed by atoms with E-state index in [4.69, 9.17) is 14.2 Å². The molecule has 0 saturated heterocycles. The minimum atomic E-state index is -4.36. The van der Waals surface area contributed by atoms with Gasteiger partial charge in [0.15, 0.2) is 6.10 Å². The van der Waals surface area contributed by atoms with Crippen LogP contribution in [0.15, 0.2) is 42.5 Å². The van der Waals surface area contributed by atoms with Gasteiger partial charge in [0, 0.05) is 29.9 Å². The van der Waals surface area contributed by atoms with Crippen LogP contribution in [-0.2, 0) is 33.3 Å². The number of thiazole rings is 1. The maximum Gasteiger partial charge on any atom is 0.416 e. The molecule has 9 heteroatoms. The van der Waals surface area contributed by atoms with Gasteiger partial charge in [-0.15, -0.1) is 11.3 Å². The van der Waals surface area contributed by atoms with E-state index >= 15 is 0 Å². The minimum Gasteiger partial charge on any atom is -0.493 e. The molecule has 0 aliphatic carbocycles. The molecule has 1 heterocycles. The summed E-state index contributed by atoms with van der Waals surface area (Å²) >= 11 is 1.45. The van der Waals surface area contributed by atoms with E-state index in [2.05, 4.69) is 4.98 Å². The maximum absolute atomic E-state index is 12.8. The molecule has 0 spiro atoms. The number of carbonyl (C=O) groups excluding carboxylic acids is 1. The number of alkyl halides is 3. The van der Waals surface area contributed by atoms with Gasteiger partial charge >= 0.3 is 12.1 Å². The van der Waals surface area contributed by atoms with E-state index in [1.807, 2.05) is 39.0 Å². The summed E-state index contributed by atoms with van der Waals surface area (Å²) in [5.74, 6) is 0.347. The summed E-state index contributed by atoms with van der Waals surface area (Å²) in [6, 6.07) is 10.8. The standard InChI is InChI=1S/C27H30F3NO4S/c1-5-33-23(26(32)34-6-2)16-20-9-12-22(15-17(20)3)35-14-13-24-18(4)31-25(36-24)19-7-10-21(11-8-19)27(28,29)30/h7-12,15,23H,5-6,13-14,16H2,1-4H3. The number of hydrogen-bond acceptors (Lipinski definition) is 6. The predicted molar refractivity (Wildman–Crippen MR) is 133 cm³/mol. The number of rotatable bonds is 11. The molecule has 3 rings (SSSR count). The lowest BCUT2D eigenvalue weighted by Crippen LogP contribution is -2.29. The molecule has 1 aromatic heterocycles. The highest BCUT2D eigenvalue weighted by Gasteiger charge is 2.30. The normalized spacial score (nSPS) is 12.4. The Balaban J connectivity index is 1.59. The number of aryl methyl sites for hydroxylation is 2. The monoisotopic (exact) mass is 521 g/mol. The Morgan fingerprint density at radius 1 is 1.06 bits per heavy atom. The maximum atomic E-state index is 12.8. The number of aromatic nitrogens is 1. The molecule has 194 valence electrons. The van der Waals surface area contributed by atoms with Crippen LogP contribution in [0.5, 0.6) is 5.75 Å². The molecule has 1 atom stereocenters. The van der Waals surface area contributed by atoms with Gasteiger partial charge in [-0.05, 0) is 63.1 Å². The van der Waals surface area contributed by atoms with Crippen LogP contribution in [0.2, 0.25) is 0 Å². The van der Waals surface area contributed by atoms with E-state index in [-0.39, 0.29) is 5.97 Å². The first-order chi connectivity index (χ1) is 17.1. The van der Waals surface area contributed by atoms with E-state index in [0.717, 1.165) is 33.8 Å². The first-order valence-electron chi connectivity index (χ1n) is 11.8. The van der Waals surface area contributed by atoms with E-state index in [9.17, 15) is 18.0 Å². The minimum absolute atomic E-state index is 0.305. The van der Waals surface area contributed by atoms with Gasteiger partial charge in [-0.1, -0.05) is 18.2 Å². The number of esters is 1. The highest BCUT2D eigenvalue weighted by atomic mass is 32.1. The largest absolute Gasteiger partial charge is 0.493 e. The van der Waals surface area contributed by atoms with Crippen molar-refractivity contribution in [2.75, 3.05) is 19.8 Å². The summed E-state index contributed by atoms with van der Waals surface area (Å²) < 4.78 is 55.0. The number of halogens is 3. The highest BCUT2D eigenvalue weighted by Crippen LogP contribution is 2.33. The van der Waals surface area contributed by atoms with Gasteiger partial charge in [0.2, 0.25) is 0 Å². The van der Waals surface area contributed by atoms with E-state index in [1.54, 1.807) is 6.92 Å². The van der Waals surface area contributed by atoms with Crippen LogP contribution in [0.25, 0.3) is 10.6 Å². The number of nitrogens with zero attached hydrogens (tertiary/aromatic N) is 1. The van der Waals surface area contributed by atoms with E-state index < -0.39 is 17.8 Å². The predicted octanol–water partition coefficient (Wildman–Crippen LogP) is 6.58. The Labute approximate surface area is 213 Å². The van der Waals surface area contributed by atoms with Gasteiger partial charge < -0.3 is 14.2 Å². The molecule has 0 radical (unpaired) electrons. The van der Waals surface area contributed by atoms with Crippen LogP contribution >= 0.6 is 11.3 Å². The van der Waals surface area contributed by atoms with Crippen molar-refractivity contribution >= 4 is 17.3 Å². The lowest BCUT2D eigenvalue weighted by molar-refractivity contribution is -0.156. The summed E-state index contributed by atoms with van der Waals surface area (Å²) in [6.07, 6.45) is -3.96. The molecule has 3 aromatic rings. The fourth-order valence-corrected chi connectivity index (χ4v) is 4.73. The lowest BCUT2D eigenvalue weighted by Gasteiger charge is -2.17. The number of hydrogen-bond donors (Lipinski definition) is 0. The summed E-state index contributed by atoms with van der Waals surface area (Å²) in [4.78, 5) is 17.7. The van der Waals surface area contributed by atoms with Gasteiger partial charge in [0.05, 0.1) is 24.5 Å². The van der Waals surface area contributed by atoms with Crippen molar-refractivity contribution in [1.82, 2.24) is 4.98 Å². The van der Waals surface area contributed by atoms with Crippen molar-refractivity contribution in [2.45, 2.75) is 52.8 Å². The fraction of sp³-hybridized carbons (Fsp3) is 0.407. The Morgan fingerprint density at radius 3 is 2.39 bits per heavy atom. The van der Waals surface area contributed by atoms with E-state index in [1.165, 1.54) is 23.5 Å². The molecule has 0 bridgehead atoms. The Hall–Kier alpha value is -2.91.